The molecule has 2 atom stereocenters. The molecule has 2 aromatic rings. The zero-order valence-corrected chi connectivity index (χ0v) is 13.1. The molecule has 0 fully saturated rings. The molecule has 1 N–H and O–H groups in total. The van der Waals surface area contributed by atoms with Gasteiger partial charge in [-0.3, -0.25) is 0 Å². The molecule has 1 heterocycles. The zero-order valence-electron chi connectivity index (χ0n) is 12.3. The van der Waals surface area contributed by atoms with Gasteiger partial charge in [-0.05, 0) is 42.8 Å². The quantitative estimate of drug-likeness (QED) is 0.715. The summed E-state index contributed by atoms with van der Waals surface area (Å²) in [7, 11) is 0. The van der Waals surface area contributed by atoms with E-state index >= 15 is 0 Å². The van der Waals surface area contributed by atoms with Crippen molar-refractivity contribution in [3.05, 3.63) is 35.2 Å². The summed E-state index contributed by atoms with van der Waals surface area (Å²) >= 11 is 1.95. The summed E-state index contributed by atoms with van der Waals surface area (Å²) in [6.07, 6.45) is 3.69. The standard InChI is InChI=1S/C17H25NS/c1-4-10-18-15(11-13(3)5-2)17-12-14-8-6-7-9-16(14)19-17/h6-9,12-13,15,18H,4-5,10-11H2,1-3H3. The lowest BCUT2D eigenvalue weighted by atomic mass is 9.98. The summed E-state index contributed by atoms with van der Waals surface area (Å²) in [6.45, 7) is 7.98. The Labute approximate surface area is 121 Å². The molecule has 0 saturated carbocycles. The van der Waals surface area contributed by atoms with Crippen molar-refractivity contribution in [2.45, 2.75) is 46.1 Å². The van der Waals surface area contributed by atoms with E-state index in [-0.39, 0.29) is 0 Å². The monoisotopic (exact) mass is 275 g/mol. The lowest BCUT2D eigenvalue weighted by Gasteiger charge is -2.20. The van der Waals surface area contributed by atoms with Gasteiger partial charge in [-0.1, -0.05) is 45.4 Å². The van der Waals surface area contributed by atoms with E-state index in [1.165, 1.54) is 34.2 Å². The van der Waals surface area contributed by atoms with E-state index in [4.69, 9.17) is 0 Å². The largest absolute Gasteiger partial charge is 0.309 e. The zero-order chi connectivity index (χ0) is 13.7. The maximum Gasteiger partial charge on any atom is 0.0417 e. The van der Waals surface area contributed by atoms with Crippen molar-refractivity contribution in [1.82, 2.24) is 5.32 Å². The third-order valence-corrected chi connectivity index (χ3v) is 4.99. The maximum atomic E-state index is 3.72. The highest BCUT2D eigenvalue weighted by atomic mass is 32.1. The van der Waals surface area contributed by atoms with E-state index in [0.717, 1.165) is 12.5 Å². The van der Waals surface area contributed by atoms with Crippen molar-refractivity contribution < 1.29 is 0 Å². The average Bonchev–Trinajstić information content (AvgIpc) is 2.86. The van der Waals surface area contributed by atoms with Crippen LogP contribution in [-0.2, 0) is 0 Å². The summed E-state index contributed by atoms with van der Waals surface area (Å²) in [6, 6.07) is 11.6. The Morgan fingerprint density at radius 2 is 2.00 bits per heavy atom. The van der Waals surface area contributed by atoms with Gasteiger partial charge in [-0.2, -0.15) is 0 Å². The first-order valence-electron chi connectivity index (χ1n) is 7.46. The van der Waals surface area contributed by atoms with Gasteiger partial charge in [0.05, 0.1) is 0 Å². The van der Waals surface area contributed by atoms with Crippen molar-refractivity contribution in [1.29, 1.82) is 0 Å². The molecule has 0 spiro atoms. The summed E-state index contributed by atoms with van der Waals surface area (Å²) in [5.74, 6) is 0.777. The second-order valence-electron chi connectivity index (χ2n) is 5.44. The first kappa shape index (κ1) is 14.5. The first-order chi connectivity index (χ1) is 9.24. The Balaban J connectivity index is 2.20. The van der Waals surface area contributed by atoms with Crippen LogP contribution in [0.4, 0.5) is 0 Å². The lowest BCUT2D eigenvalue weighted by Crippen LogP contribution is -2.23. The predicted octanol–water partition coefficient (Wildman–Crippen LogP) is 5.38. The number of hydrogen-bond donors (Lipinski definition) is 1. The SMILES string of the molecule is CCCNC(CC(C)CC)c1cc2ccccc2s1. The Bertz CT molecular complexity index is 470. The van der Waals surface area contributed by atoms with Crippen molar-refractivity contribution in [3.8, 4) is 0 Å². The normalized spacial score (nSPS) is 14.7. The van der Waals surface area contributed by atoms with E-state index in [9.17, 15) is 0 Å². The second kappa shape index (κ2) is 7.06. The number of benzene rings is 1. The van der Waals surface area contributed by atoms with Crippen LogP contribution in [0.2, 0.25) is 0 Å². The van der Waals surface area contributed by atoms with E-state index < -0.39 is 0 Å². The Morgan fingerprint density at radius 3 is 2.68 bits per heavy atom. The van der Waals surface area contributed by atoms with Crippen LogP contribution in [0.5, 0.6) is 0 Å². The third-order valence-electron chi connectivity index (χ3n) is 3.76. The summed E-state index contributed by atoms with van der Waals surface area (Å²) in [4.78, 5) is 1.50. The molecule has 1 aromatic heterocycles. The molecule has 0 aliphatic carbocycles. The third kappa shape index (κ3) is 3.80. The minimum atomic E-state index is 0.521. The number of hydrogen-bond acceptors (Lipinski definition) is 2. The van der Waals surface area contributed by atoms with Gasteiger partial charge in [0.25, 0.3) is 0 Å². The molecule has 0 aliphatic heterocycles. The second-order valence-corrected chi connectivity index (χ2v) is 6.56. The Kier molecular flexibility index (Phi) is 5.41. The predicted molar refractivity (Wildman–Crippen MR) is 86.9 cm³/mol. The summed E-state index contributed by atoms with van der Waals surface area (Å²) in [5.41, 5.74) is 0. The van der Waals surface area contributed by atoms with Crippen LogP contribution < -0.4 is 5.32 Å². The molecule has 0 aliphatic rings. The number of rotatable bonds is 7. The van der Waals surface area contributed by atoms with Crippen molar-refractivity contribution in [2.24, 2.45) is 5.92 Å². The van der Waals surface area contributed by atoms with Crippen LogP contribution in [0.25, 0.3) is 10.1 Å². The minimum Gasteiger partial charge on any atom is -0.309 e. The highest BCUT2D eigenvalue weighted by Crippen LogP contribution is 2.33. The number of fused-ring (bicyclic) bond motifs is 1. The summed E-state index contributed by atoms with van der Waals surface area (Å²) in [5, 5.41) is 5.11. The van der Waals surface area contributed by atoms with Crippen molar-refractivity contribution >= 4 is 21.4 Å². The fourth-order valence-electron chi connectivity index (χ4n) is 2.36. The topological polar surface area (TPSA) is 12.0 Å². The molecule has 0 saturated heterocycles. The Hall–Kier alpha value is -0.860. The van der Waals surface area contributed by atoms with Gasteiger partial charge in [0.15, 0.2) is 0 Å². The van der Waals surface area contributed by atoms with Gasteiger partial charge in [0, 0.05) is 15.6 Å². The molecular formula is C17H25NS. The first-order valence-corrected chi connectivity index (χ1v) is 8.28. The molecule has 0 amide bonds. The van der Waals surface area contributed by atoms with Crippen LogP contribution >= 0.6 is 11.3 Å². The molecule has 104 valence electrons. The summed E-state index contributed by atoms with van der Waals surface area (Å²) < 4.78 is 1.41. The van der Waals surface area contributed by atoms with E-state index in [1.807, 2.05) is 11.3 Å². The van der Waals surface area contributed by atoms with Crippen LogP contribution in [0.3, 0.4) is 0 Å². The molecule has 1 nitrogen and oxygen atoms in total. The minimum absolute atomic E-state index is 0.521. The van der Waals surface area contributed by atoms with Gasteiger partial charge in [0.1, 0.15) is 0 Å². The van der Waals surface area contributed by atoms with Gasteiger partial charge in [0.2, 0.25) is 0 Å². The van der Waals surface area contributed by atoms with Gasteiger partial charge in [-0.15, -0.1) is 11.3 Å². The van der Waals surface area contributed by atoms with E-state index in [1.54, 1.807) is 0 Å². The Morgan fingerprint density at radius 1 is 1.21 bits per heavy atom. The molecular weight excluding hydrogens is 250 g/mol. The lowest BCUT2D eigenvalue weighted by molar-refractivity contribution is 0.406. The fourth-order valence-corrected chi connectivity index (χ4v) is 3.51. The molecule has 0 bridgehead atoms. The van der Waals surface area contributed by atoms with Gasteiger partial charge < -0.3 is 5.32 Å². The van der Waals surface area contributed by atoms with E-state index in [2.05, 4.69) is 56.4 Å². The molecule has 19 heavy (non-hydrogen) atoms. The molecule has 1 aromatic carbocycles. The van der Waals surface area contributed by atoms with Gasteiger partial charge in [-0.25, -0.2) is 0 Å². The maximum absolute atomic E-state index is 3.72. The average molecular weight is 275 g/mol. The fraction of sp³-hybridized carbons (Fsp3) is 0.529. The van der Waals surface area contributed by atoms with Gasteiger partial charge >= 0.3 is 0 Å². The highest BCUT2D eigenvalue weighted by Gasteiger charge is 2.16. The molecule has 2 heteroatoms. The van der Waals surface area contributed by atoms with Crippen LogP contribution in [0.1, 0.15) is 51.0 Å². The van der Waals surface area contributed by atoms with Crippen molar-refractivity contribution in [2.75, 3.05) is 6.54 Å². The number of thiophene rings is 1. The van der Waals surface area contributed by atoms with E-state index in [0.29, 0.717) is 6.04 Å². The number of nitrogens with one attached hydrogen (secondary N) is 1. The molecule has 0 radical (unpaired) electrons. The van der Waals surface area contributed by atoms with Crippen LogP contribution in [0.15, 0.2) is 30.3 Å². The highest BCUT2D eigenvalue weighted by molar-refractivity contribution is 7.19. The van der Waals surface area contributed by atoms with Crippen LogP contribution in [0, 0.1) is 5.92 Å². The molecule has 2 unspecified atom stereocenters. The molecule has 2 rings (SSSR count). The van der Waals surface area contributed by atoms with Crippen LogP contribution in [-0.4, -0.2) is 6.54 Å². The smallest absolute Gasteiger partial charge is 0.0417 e. The van der Waals surface area contributed by atoms with Crippen molar-refractivity contribution in [3.63, 3.8) is 0 Å².